The van der Waals surface area contributed by atoms with Gasteiger partial charge in [0.25, 0.3) is 0 Å². The van der Waals surface area contributed by atoms with Crippen LogP contribution in [0.25, 0.3) is 0 Å². The topological polar surface area (TPSA) is 29.5 Å². The fraction of sp³-hybridized carbons (Fsp3) is 0.400. The monoisotopic (exact) mass is 164 g/mol. The maximum absolute atomic E-state index is 9.41. The van der Waals surface area contributed by atoms with Crippen LogP contribution in [-0.4, -0.2) is 12.2 Å². The van der Waals surface area contributed by atoms with Gasteiger partial charge in [-0.2, -0.15) is 0 Å². The van der Waals surface area contributed by atoms with E-state index in [1.807, 2.05) is 12.1 Å². The second-order valence-corrected chi connectivity index (χ2v) is 3.11. The first-order valence-corrected chi connectivity index (χ1v) is 4.18. The van der Waals surface area contributed by atoms with Gasteiger partial charge in [-0.1, -0.05) is 6.92 Å². The molecule has 64 valence electrons. The van der Waals surface area contributed by atoms with Gasteiger partial charge in [-0.3, -0.25) is 0 Å². The Morgan fingerprint density at radius 1 is 1.42 bits per heavy atom. The zero-order valence-corrected chi connectivity index (χ0v) is 7.29. The summed E-state index contributed by atoms with van der Waals surface area (Å²) in [4.78, 5) is 0. The third-order valence-corrected chi connectivity index (χ3v) is 2.46. The summed E-state index contributed by atoms with van der Waals surface area (Å²) >= 11 is 0. The van der Waals surface area contributed by atoms with Crippen LogP contribution in [0, 0.1) is 0 Å². The number of hydrogen-bond acceptors (Lipinski definition) is 2. The standard InChI is InChI=1S/C10H12O2/c1-3-6-7-4-9(11)10(12-2)5-8(6)7/h4-6,11H,3H2,1-2H3. The number of phenols is 1. The summed E-state index contributed by atoms with van der Waals surface area (Å²) in [7, 11) is 1.57. The molecule has 1 N–H and O–H groups in total. The molecule has 12 heavy (non-hydrogen) atoms. The smallest absolute Gasteiger partial charge is 0.160 e. The van der Waals surface area contributed by atoms with E-state index in [1.165, 1.54) is 11.1 Å². The minimum absolute atomic E-state index is 0.257. The molecule has 1 unspecified atom stereocenters. The van der Waals surface area contributed by atoms with E-state index in [1.54, 1.807) is 7.11 Å². The second kappa shape index (κ2) is 2.41. The van der Waals surface area contributed by atoms with E-state index in [4.69, 9.17) is 4.74 Å². The third-order valence-electron chi connectivity index (χ3n) is 2.46. The molecule has 0 saturated carbocycles. The van der Waals surface area contributed by atoms with Gasteiger partial charge in [0.15, 0.2) is 11.5 Å². The SMILES string of the molecule is CCC1c2cc(O)c(OC)cc21. The highest BCUT2D eigenvalue weighted by atomic mass is 16.5. The molecule has 2 nitrogen and oxygen atoms in total. The van der Waals surface area contributed by atoms with Crippen LogP contribution in [0.2, 0.25) is 0 Å². The first-order valence-electron chi connectivity index (χ1n) is 4.18. The Balaban J connectivity index is 2.37. The molecule has 1 aliphatic rings. The minimum Gasteiger partial charge on any atom is -0.504 e. The minimum atomic E-state index is 0.257. The van der Waals surface area contributed by atoms with Crippen LogP contribution >= 0.6 is 0 Å². The Labute approximate surface area is 71.8 Å². The number of fused-ring (bicyclic) bond motifs is 1. The largest absolute Gasteiger partial charge is 0.504 e. The zero-order valence-electron chi connectivity index (χ0n) is 7.29. The molecule has 1 aromatic carbocycles. The first-order chi connectivity index (χ1) is 5.77. The summed E-state index contributed by atoms with van der Waals surface area (Å²) < 4.78 is 5.00. The van der Waals surface area contributed by atoms with Crippen LogP contribution in [0.3, 0.4) is 0 Å². The average Bonchev–Trinajstić information content (AvgIpc) is 2.75. The number of phenolic OH excluding ortho intramolecular Hbond substituents is 1. The molecule has 1 atom stereocenters. The van der Waals surface area contributed by atoms with Gasteiger partial charge in [0.2, 0.25) is 0 Å². The Kier molecular flexibility index (Phi) is 1.50. The molecule has 1 aliphatic carbocycles. The van der Waals surface area contributed by atoms with E-state index in [2.05, 4.69) is 6.92 Å². The van der Waals surface area contributed by atoms with Crippen molar-refractivity contribution >= 4 is 0 Å². The average molecular weight is 164 g/mol. The van der Waals surface area contributed by atoms with Crippen LogP contribution in [-0.2, 0) is 0 Å². The van der Waals surface area contributed by atoms with Crippen molar-refractivity contribution in [2.24, 2.45) is 0 Å². The number of ether oxygens (including phenoxy) is 1. The van der Waals surface area contributed by atoms with Crippen molar-refractivity contribution in [1.82, 2.24) is 0 Å². The lowest BCUT2D eigenvalue weighted by Crippen LogP contribution is -1.81. The molecule has 2 heteroatoms. The molecule has 0 bridgehead atoms. The molecule has 0 amide bonds. The number of benzene rings is 1. The van der Waals surface area contributed by atoms with Crippen LogP contribution in [0.15, 0.2) is 12.1 Å². The number of hydrogen-bond donors (Lipinski definition) is 1. The second-order valence-electron chi connectivity index (χ2n) is 3.11. The summed E-state index contributed by atoms with van der Waals surface area (Å²) in [6.45, 7) is 2.15. The highest BCUT2D eigenvalue weighted by Crippen LogP contribution is 2.50. The molecule has 0 fully saturated rings. The third kappa shape index (κ3) is 0.876. The molecule has 2 rings (SSSR count). The summed E-state index contributed by atoms with van der Waals surface area (Å²) in [5, 5.41) is 9.41. The predicted octanol–water partition coefficient (Wildman–Crippen LogP) is 2.26. The van der Waals surface area contributed by atoms with Gasteiger partial charge in [0.05, 0.1) is 7.11 Å². The summed E-state index contributed by atoms with van der Waals surface area (Å²) in [6, 6.07) is 3.74. The predicted molar refractivity (Wildman–Crippen MR) is 46.8 cm³/mol. The van der Waals surface area contributed by atoms with Crippen molar-refractivity contribution in [2.45, 2.75) is 19.3 Å². The summed E-state index contributed by atoms with van der Waals surface area (Å²) in [5.41, 5.74) is 2.60. The van der Waals surface area contributed by atoms with E-state index in [-0.39, 0.29) is 5.75 Å². The molecule has 0 spiro atoms. The lowest BCUT2D eigenvalue weighted by molar-refractivity contribution is 0.374. The van der Waals surface area contributed by atoms with Crippen molar-refractivity contribution in [3.63, 3.8) is 0 Å². The van der Waals surface area contributed by atoms with Gasteiger partial charge >= 0.3 is 0 Å². The number of rotatable bonds is 2. The molecule has 1 aromatic rings. The molecular weight excluding hydrogens is 152 g/mol. The summed E-state index contributed by atoms with van der Waals surface area (Å²) in [5.74, 6) is 1.41. The van der Waals surface area contributed by atoms with Crippen molar-refractivity contribution in [3.8, 4) is 11.5 Å². The fourth-order valence-electron chi connectivity index (χ4n) is 1.71. The lowest BCUT2D eigenvalue weighted by atomic mass is 10.2. The number of methoxy groups -OCH3 is 1. The normalized spacial score (nSPS) is 18.7. The van der Waals surface area contributed by atoms with Gasteiger partial charge < -0.3 is 9.84 Å². The summed E-state index contributed by atoms with van der Waals surface area (Å²) in [6.07, 6.45) is 1.11. The maximum atomic E-state index is 9.41. The molecule has 0 aliphatic heterocycles. The van der Waals surface area contributed by atoms with Crippen LogP contribution in [0.4, 0.5) is 0 Å². The number of aromatic hydroxyl groups is 1. The van der Waals surface area contributed by atoms with Crippen LogP contribution < -0.4 is 4.74 Å². The Bertz CT molecular complexity index is 318. The fourth-order valence-corrected chi connectivity index (χ4v) is 1.71. The Morgan fingerprint density at radius 2 is 2.08 bits per heavy atom. The van der Waals surface area contributed by atoms with Crippen LogP contribution in [0.1, 0.15) is 30.4 Å². The van der Waals surface area contributed by atoms with Gasteiger partial charge in [-0.05, 0) is 29.7 Å². The van der Waals surface area contributed by atoms with Crippen molar-refractivity contribution < 1.29 is 9.84 Å². The van der Waals surface area contributed by atoms with E-state index >= 15 is 0 Å². The molecule has 0 aromatic heterocycles. The van der Waals surface area contributed by atoms with Crippen molar-refractivity contribution in [1.29, 1.82) is 0 Å². The van der Waals surface area contributed by atoms with Crippen LogP contribution in [0.5, 0.6) is 11.5 Å². The highest BCUT2D eigenvalue weighted by Gasteiger charge is 2.32. The highest BCUT2D eigenvalue weighted by molar-refractivity contribution is 5.60. The maximum Gasteiger partial charge on any atom is 0.160 e. The zero-order chi connectivity index (χ0) is 8.72. The van der Waals surface area contributed by atoms with Gasteiger partial charge in [-0.25, -0.2) is 0 Å². The Morgan fingerprint density at radius 3 is 2.67 bits per heavy atom. The molecular formula is C10H12O2. The van der Waals surface area contributed by atoms with E-state index in [0.29, 0.717) is 11.7 Å². The van der Waals surface area contributed by atoms with E-state index in [0.717, 1.165) is 6.42 Å². The molecule has 0 radical (unpaired) electrons. The Hall–Kier alpha value is -1.18. The lowest BCUT2D eigenvalue weighted by Gasteiger charge is -1.98. The molecule has 0 heterocycles. The first kappa shape index (κ1) is 7.47. The van der Waals surface area contributed by atoms with Crippen molar-refractivity contribution in [2.75, 3.05) is 7.11 Å². The quantitative estimate of drug-likeness (QED) is 0.726. The van der Waals surface area contributed by atoms with Gasteiger partial charge in [0, 0.05) is 5.92 Å². The van der Waals surface area contributed by atoms with Crippen molar-refractivity contribution in [3.05, 3.63) is 23.3 Å². The van der Waals surface area contributed by atoms with Gasteiger partial charge in [-0.15, -0.1) is 0 Å². The van der Waals surface area contributed by atoms with E-state index < -0.39 is 0 Å². The van der Waals surface area contributed by atoms with E-state index in [9.17, 15) is 5.11 Å². The van der Waals surface area contributed by atoms with Gasteiger partial charge in [0.1, 0.15) is 0 Å². The molecule has 0 saturated heterocycles.